The Hall–Kier alpha value is 0.610. The minimum atomic E-state index is -0.989. The number of rotatable bonds is 0. The summed E-state index contributed by atoms with van der Waals surface area (Å²) in [4.78, 5) is 0. The standard InChI is InChI=1S/C12H17IO3/c1-11(14)7-5-3-4-6-8(7)12(2,16-11)15-10(6)9(5)13/h5-10,14H,3-4H2,1-2H3/t5?,6?,7?,8?,9-,10?,11-,12?/m0/s1. The average Bonchev–Trinajstić information content (AvgIpc) is 2.56. The van der Waals surface area contributed by atoms with E-state index in [0.717, 1.165) is 0 Å². The maximum Gasteiger partial charge on any atom is 0.172 e. The monoisotopic (exact) mass is 336 g/mol. The second kappa shape index (κ2) is 2.78. The molecule has 5 aliphatic rings. The third-order valence-electron chi connectivity index (χ3n) is 5.29. The van der Waals surface area contributed by atoms with E-state index in [1.807, 2.05) is 13.8 Å². The van der Waals surface area contributed by atoms with Crippen molar-refractivity contribution in [1.29, 1.82) is 0 Å². The molecule has 0 aromatic carbocycles. The minimum absolute atomic E-state index is 0.275. The highest BCUT2D eigenvalue weighted by Gasteiger charge is 2.74. The summed E-state index contributed by atoms with van der Waals surface area (Å²) in [6.45, 7) is 3.85. The van der Waals surface area contributed by atoms with Crippen molar-refractivity contribution in [2.45, 2.75) is 48.3 Å². The van der Waals surface area contributed by atoms with Gasteiger partial charge in [-0.1, -0.05) is 22.6 Å². The van der Waals surface area contributed by atoms with E-state index < -0.39 is 11.6 Å². The highest BCUT2D eigenvalue weighted by atomic mass is 127. The number of halogens is 1. The normalized spacial score (nSPS) is 71.2. The Labute approximate surface area is 109 Å². The molecule has 90 valence electrons. The Bertz CT molecular complexity index is 358. The van der Waals surface area contributed by atoms with Crippen LogP contribution in [-0.4, -0.2) is 26.7 Å². The largest absolute Gasteiger partial charge is 0.365 e. The average molecular weight is 336 g/mol. The summed E-state index contributed by atoms with van der Waals surface area (Å²) >= 11 is 2.53. The summed E-state index contributed by atoms with van der Waals surface area (Å²) in [6, 6.07) is 0. The fraction of sp³-hybridized carbons (Fsp3) is 1.00. The molecule has 0 spiro atoms. The van der Waals surface area contributed by atoms with E-state index >= 15 is 0 Å². The van der Waals surface area contributed by atoms with Gasteiger partial charge in [0.25, 0.3) is 0 Å². The van der Waals surface area contributed by atoms with Gasteiger partial charge in [-0.15, -0.1) is 0 Å². The molecule has 0 radical (unpaired) electrons. The van der Waals surface area contributed by atoms with Crippen molar-refractivity contribution in [2.75, 3.05) is 0 Å². The number of hydrogen-bond donors (Lipinski definition) is 1. The molecule has 4 bridgehead atoms. The summed E-state index contributed by atoms with van der Waals surface area (Å²) in [6.07, 6.45) is 2.85. The first kappa shape index (κ1) is 10.5. The van der Waals surface area contributed by atoms with E-state index in [0.29, 0.717) is 27.8 Å². The lowest BCUT2D eigenvalue weighted by atomic mass is 9.56. The van der Waals surface area contributed by atoms with Gasteiger partial charge in [0.2, 0.25) is 0 Å². The molecule has 3 saturated carbocycles. The van der Waals surface area contributed by atoms with Gasteiger partial charge in [-0.2, -0.15) is 0 Å². The fourth-order valence-electron chi connectivity index (χ4n) is 5.00. The molecule has 0 aromatic heterocycles. The molecule has 6 unspecified atom stereocenters. The molecule has 2 saturated heterocycles. The van der Waals surface area contributed by atoms with Gasteiger partial charge < -0.3 is 14.6 Å². The Kier molecular flexibility index (Phi) is 1.83. The predicted molar refractivity (Wildman–Crippen MR) is 66.0 cm³/mol. The fourth-order valence-corrected chi connectivity index (χ4v) is 6.49. The van der Waals surface area contributed by atoms with Gasteiger partial charge in [-0.25, -0.2) is 0 Å². The Morgan fingerprint density at radius 3 is 2.62 bits per heavy atom. The molecule has 4 heteroatoms. The number of hydrogen-bond acceptors (Lipinski definition) is 3. The molecule has 2 aliphatic heterocycles. The van der Waals surface area contributed by atoms with Crippen molar-refractivity contribution in [3.05, 3.63) is 0 Å². The van der Waals surface area contributed by atoms with Crippen molar-refractivity contribution in [3.8, 4) is 0 Å². The molecular weight excluding hydrogens is 319 g/mol. The van der Waals surface area contributed by atoms with Crippen molar-refractivity contribution in [2.24, 2.45) is 23.7 Å². The zero-order chi connectivity index (χ0) is 11.3. The van der Waals surface area contributed by atoms with Crippen LogP contribution in [0.3, 0.4) is 0 Å². The maximum atomic E-state index is 10.5. The van der Waals surface area contributed by atoms with Gasteiger partial charge in [0.1, 0.15) is 0 Å². The second-order valence-electron chi connectivity index (χ2n) is 6.16. The number of ether oxygens (including phenoxy) is 2. The molecule has 1 N–H and O–H groups in total. The van der Waals surface area contributed by atoms with Crippen LogP contribution in [0, 0.1) is 23.7 Å². The first-order chi connectivity index (χ1) is 7.44. The van der Waals surface area contributed by atoms with E-state index in [4.69, 9.17) is 9.47 Å². The number of fused-ring (bicyclic) bond motifs is 1. The highest BCUT2D eigenvalue weighted by molar-refractivity contribution is 14.1. The summed E-state index contributed by atoms with van der Waals surface area (Å²) in [5.74, 6) is 0.351. The second-order valence-corrected chi connectivity index (χ2v) is 7.59. The smallest absolute Gasteiger partial charge is 0.172 e. The van der Waals surface area contributed by atoms with Crippen molar-refractivity contribution < 1.29 is 14.6 Å². The first-order valence-corrected chi connectivity index (χ1v) is 7.43. The Morgan fingerprint density at radius 1 is 1.19 bits per heavy atom. The summed E-state index contributed by atoms with van der Waals surface area (Å²) in [5, 5.41) is 10.5. The lowest BCUT2D eigenvalue weighted by Gasteiger charge is -2.50. The van der Waals surface area contributed by atoms with Crippen LogP contribution in [0.25, 0.3) is 0 Å². The van der Waals surface area contributed by atoms with Gasteiger partial charge in [0.05, 0.1) is 6.10 Å². The molecule has 3 aliphatic carbocycles. The van der Waals surface area contributed by atoms with Crippen LogP contribution in [0.4, 0.5) is 0 Å². The van der Waals surface area contributed by atoms with Crippen LogP contribution >= 0.6 is 22.6 Å². The zero-order valence-electron chi connectivity index (χ0n) is 9.52. The molecular formula is C12H17IO3. The third-order valence-corrected chi connectivity index (χ3v) is 6.92. The van der Waals surface area contributed by atoms with Gasteiger partial charge in [0, 0.05) is 15.8 Å². The molecule has 5 fully saturated rings. The zero-order valence-corrected chi connectivity index (χ0v) is 11.7. The molecule has 3 nitrogen and oxygen atoms in total. The van der Waals surface area contributed by atoms with Crippen LogP contribution in [0.5, 0.6) is 0 Å². The maximum absolute atomic E-state index is 10.5. The summed E-state index contributed by atoms with van der Waals surface area (Å²) < 4.78 is 12.6. The van der Waals surface area contributed by atoms with Crippen molar-refractivity contribution >= 4 is 22.6 Å². The van der Waals surface area contributed by atoms with Crippen LogP contribution in [0.1, 0.15) is 26.7 Å². The van der Waals surface area contributed by atoms with E-state index in [-0.39, 0.29) is 5.92 Å². The minimum Gasteiger partial charge on any atom is -0.365 e. The lowest BCUT2D eigenvalue weighted by molar-refractivity contribution is -0.312. The van der Waals surface area contributed by atoms with Crippen molar-refractivity contribution in [3.63, 3.8) is 0 Å². The van der Waals surface area contributed by atoms with E-state index in [1.165, 1.54) is 12.8 Å². The first-order valence-electron chi connectivity index (χ1n) is 6.18. The predicted octanol–water partition coefficient (Wildman–Crippen LogP) is 1.92. The molecule has 8 atom stereocenters. The third kappa shape index (κ3) is 0.978. The van der Waals surface area contributed by atoms with Gasteiger partial charge in [-0.05, 0) is 38.5 Å². The van der Waals surface area contributed by atoms with Crippen LogP contribution in [0.2, 0.25) is 0 Å². The summed E-state index contributed by atoms with van der Waals surface area (Å²) in [5.41, 5.74) is 0. The molecule has 16 heavy (non-hydrogen) atoms. The Balaban J connectivity index is 1.89. The van der Waals surface area contributed by atoms with Gasteiger partial charge >= 0.3 is 0 Å². The van der Waals surface area contributed by atoms with Crippen LogP contribution in [0.15, 0.2) is 0 Å². The molecule has 5 rings (SSSR count). The van der Waals surface area contributed by atoms with E-state index in [9.17, 15) is 5.11 Å². The summed E-state index contributed by atoms with van der Waals surface area (Å²) in [7, 11) is 0. The Morgan fingerprint density at radius 2 is 1.88 bits per heavy atom. The molecule has 0 aromatic rings. The van der Waals surface area contributed by atoms with Crippen LogP contribution in [-0.2, 0) is 9.47 Å². The number of aliphatic hydroxyl groups is 1. The van der Waals surface area contributed by atoms with Crippen LogP contribution < -0.4 is 0 Å². The topological polar surface area (TPSA) is 38.7 Å². The SMILES string of the molecule is CC12OC3C4CCC(C(C41)[C@@](C)(O)O2)[C@@H]3I. The quantitative estimate of drug-likeness (QED) is 0.543. The lowest BCUT2D eigenvalue weighted by Crippen LogP contribution is -2.55. The van der Waals surface area contributed by atoms with Gasteiger partial charge in [-0.3, -0.25) is 0 Å². The highest BCUT2D eigenvalue weighted by Crippen LogP contribution is 2.68. The van der Waals surface area contributed by atoms with E-state index in [2.05, 4.69) is 22.6 Å². The molecule has 0 amide bonds. The molecule has 2 heterocycles. The van der Waals surface area contributed by atoms with Gasteiger partial charge in [0.15, 0.2) is 11.6 Å². The van der Waals surface area contributed by atoms with Crippen molar-refractivity contribution in [1.82, 2.24) is 0 Å². The van der Waals surface area contributed by atoms with E-state index in [1.54, 1.807) is 0 Å². The number of alkyl halides is 1.